The van der Waals surface area contributed by atoms with Crippen molar-refractivity contribution in [1.82, 2.24) is 4.90 Å². The van der Waals surface area contributed by atoms with Gasteiger partial charge in [0.15, 0.2) is 0 Å². The molecule has 18 heavy (non-hydrogen) atoms. The molecule has 1 aromatic rings. The summed E-state index contributed by atoms with van der Waals surface area (Å²) >= 11 is 0. The fraction of sp³-hybridized carbons (Fsp3) is 0.500. The van der Waals surface area contributed by atoms with Crippen LogP contribution in [0.4, 0.5) is 4.79 Å². The van der Waals surface area contributed by atoms with Gasteiger partial charge in [-0.15, -0.1) is 0 Å². The number of hydrogen-bond donors (Lipinski definition) is 1. The first kappa shape index (κ1) is 12.9. The van der Waals surface area contributed by atoms with Crippen LogP contribution in [0.1, 0.15) is 25.8 Å². The minimum absolute atomic E-state index is 0.104. The number of benzene rings is 1. The molecule has 3 atom stereocenters. The first-order valence-corrected chi connectivity index (χ1v) is 6.32. The molecule has 0 spiro atoms. The van der Waals surface area contributed by atoms with Gasteiger partial charge in [0.25, 0.3) is 0 Å². The molecule has 0 bridgehead atoms. The van der Waals surface area contributed by atoms with E-state index in [4.69, 9.17) is 4.74 Å². The SMILES string of the molecule is CC[C@@H](O)[C@H]1OC(=O)N(Cc2ccccc2)[C@H]1C. The molecule has 1 heterocycles. The highest BCUT2D eigenvalue weighted by atomic mass is 16.6. The lowest BCUT2D eigenvalue weighted by atomic mass is 10.0. The van der Waals surface area contributed by atoms with Gasteiger partial charge < -0.3 is 9.84 Å². The van der Waals surface area contributed by atoms with Crippen LogP contribution in [0, 0.1) is 0 Å². The second-order valence-electron chi connectivity index (χ2n) is 4.68. The Bertz CT molecular complexity index is 407. The van der Waals surface area contributed by atoms with Crippen LogP contribution >= 0.6 is 0 Å². The van der Waals surface area contributed by atoms with Crippen molar-refractivity contribution in [2.75, 3.05) is 0 Å². The average molecular weight is 249 g/mol. The zero-order valence-corrected chi connectivity index (χ0v) is 10.7. The van der Waals surface area contributed by atoms with Gasteiger partial charge in [-0.1, -0.05) is 37.3 Å². The number of hydrogen-bond acceptors (Lipinski definition) is 3. The van der Waals surface area contributed by atoms with E-state index < -0.39 is 12.2 Å². The Labute approximate surface area is 107 Å². The third-order valence-corrected chi connectivity index (χ3v) is 3.43. The van der Waals surface area contributed by atoms with Gasteiger partial charge in [-0.25, -0.2) is 4.79 Å². The van der Waals surface area contributed by atoms with Crippen molar-refractivity contribution in [2.45, 2.75) is 45.1 Å². The summed E-state index contributed by atoms with van der Waals surface area (Å²) < 4.78 is 5.25. The summed E-state index contributed by atoms with van der Waals surface area (Å²) in [6.45, 7) is 4.32. The van der Waals surface area contributed by atoms with Crippen molar-refractivity contribution in [3.8, 4) is 0 Å². The van der Waals surface area contributed by atoms with Gasteiger partial charge in [0.1, 0.15) is 6.10 Å². The third kappa shape index (κ3) is 2.48. The molecular formula is C14H19NO3. The summed E-state index contributed by atoms with van der Waals surface area (Å²) in [5.74, 6) is 0. The largest absolute Gasteiger partial charge is 0.441 e. The molecule has 0 aromatic heterocycles. The number of ether oxygens (including phenoxy) is 1. The van der Waals surface area contributed by atoms with Crippen molar-refractivity contribution < 1.29 is 14.6 Å². The van der Waals surface area contributed by atoms with E-state index in [1.807, 2.05) is 44.2 Å². The summed E-state index contributed by atoms with van der Waals surface area (Å²) in [5.41, 5.74) is 1.06. The van der Waals surface area contributed by atoms with E-state index in [-0.39, 0.29) is 12.1 Å². The maximum Gasteiger partial charge on any atom is 0.410 e. The molecule has 1 aliphatic heterocycles. The molecule has 0 radical (unpaired) electrons. The predicted molar refractivity (Wildman–Crippen MR) is 68.0 cm³/mol. The number of amides is 1. The fourth-order valence-electron chi connectivity index (χ4n) is 2.25. The molecule has 1 N–H and O–H groups in total. The first-order valence-electron chi connectivity index (χ1n) is 6.32. The summed E-state index contributed by atoms with van der Waals surface area (Å²) in [5, 5.41) is 9.83. The van der Waals surface area contributed by atoms with Gasteiger partial charge in [-0.2, -0.15) is 0 Å². The van der Waals surface area contributed by atoms with Gasteiger partial charge in [0.2, 0.25) is 0 Å². The maximum absolute atomic E-state index is 11.8. The Morgan fingerprint density at radius 2 is 2.06 bits per heavy atom. The molecule has 1 amide bonds. The smallest absolute Gasteiger partial charge is 0.410 e. The van der Waals surface area contributed by atoms with Crippen molar-refractivity contribution in [1.29, 1.82) is 0 Å². The van der Waals surface area contributed by atoms with E-state index >= 15 is 0 Å². The molecule has 4 heteroatoms. The number of carbonyl (C=O) groups is 1. The van der Waals surface area contributed by atoms with Crippen LogP contribution in [-0.2, 0) is 11.3 Å². The zero-order chi connectivity index (χ0) is 13.1. The molecule has 1 fully saturated rings. The van der Waals surface area contributed by atoms with Gasteiger partial charge in [-0.3, -0.25) is 4.90 Å². The Hall–Kier alpha value is -1.55. The second-order valence-corrected chi connectivity index (χ2v) is 4.68. The van der Waals surface area contributed by atoms with Crippen LogP contribution in [0.25, 0.3) is 0 Å². The number of nitrogens with zero attached hydrogens (tertiary/aromatic N) is 1. The lowest BCUT2D eigenvalue weighted by molar-refractivity contribution is 0.0181. The van der Waals surface area contributed by atoms with Crippen LogP contribution in [0.15, 0.2) is 30.3 Å². The average Bonchev–Trinajstić information content (AvgIpc) is 2.67. The molecular weight excluding hydrogens is 230 g/mol. The maximum atomic E-state index is 11.8. The van der Waals surface area contributed by atoms with E-state index in [1.165, 1.54) is 0 Å². The molecule has 0 aliphatic carbocycles. The first-order chi connectivity index (χ1) is 8.63. The molecule has 4 nitrogen and oxygen atoms in total. The molecule has 1 saturated heterocycles. The predicted octanol–water partition coefficient (Wildman–Crippen LogP) is 2.17. The van der Waals surface area contributed by atoms with E-state index in [0.717, 1.165) is 5.56 Å². The highest BCUT2D eigenvalue weighted by molar-refractivity contribution is 5.70. The number of cyclic esters (lactones) is 1. The van der Waals surface area contributed by atoms with Gasteiger partial charge in [-0.05, 0) is 18.9 Å². The molecule has 0 saturated carbocycles. The van der Waals surface area contributed by atoms with E-state index in [1.54, 1.807) is 4.90 Å². The molecule has 1 aromatic carbocycles. The quantitative estimate of drug-likeness (QED) is 0.889. The number of aliphatic hydroxyl groups is 1. The minimum Gasteiger partial charge on any atom is -0.441 e. The normalized spacial score (nSPS) is 25.1. The van der Waals surface area contributed by atoms with Crippen LogP contribution < -0.4 is 0 Å². The van der Waals surface area contributed by atoms with Crippen molar-refractivity contribution in [3.63, 3.8) is 0 Å². The topological polar surface area (TPSA) is 49.8 Å². The van der Waals surface area contributed by atoms with Crippen molar-refractivity contribution in [2.24, 2.45) is 0 Å². The highest BCUT2D eigenvalue weighted by Gasteiger charge is 2.41. The molecule has 1 aliphatic rings. The Balaban J connectivity index is 2.08. The fourth-order valence-corrected chi connectivity index (χ4v) is 2.25. The summed E-state index contributed by atoms with van der Waals surface area (Å²) in [6.07, 6.45) is -0.777. The standard InChI is InChI=1S/C14H19NO3/c1-3-12(16)13-10(2)15(14(17)18-13)9-11-7-5-4-6-8-11/h4-8,10,12-13,16H,3,9H2,1-2H3/t10-,12+,13-/m0/s1. The minimum atomic E-state index is -0.593. The van der Waals surface area contributed by atoms with E-state index in [0.29, 0.717) is 13.0 Å². The molecule has 2 rings (SSSR count). The second kappa shape index (κ2) is 5.40. The van der Waals surface area contributed by atoms with Gasteiger partial charge in [0, 0.05) is 6.54 Å². The van der Waals surface area contributed by atoms with Gasteiger partial charge >= 0.3 is 6.09 Å². The van der Waals surface area contributed by atoms with E-state index in [2.05, 4.69) is 0 Å². The van der Waals surface area contributed by atoms with E-state index in [9.17, 15) is 9.90 Å². The monoisotopic (exact) mass is 249 g/mol. The lowest BCUT2D eigenvalue weighted by Gasteiger charge is -2.23. The number of carbonyl (C=O) groups excluding carboxylic acids is 1. The summed E-state index contributed by atoms with van der Waals surface area (Å²) in [6, 6.07) is 9.68. The number of aliphatic hydroxyl groups excluding tert-OH is 1. The Morgan fingerprint density at radius 3 is 2.67 bits per heavy atom. The van der Waals surface area contributed by atoms with Crippen LogP contribution in [0.5, 0.6) is 0 Å². The summed E-state index contributed by atoms with van der Waals surface area (Å²) in [4.78, 5) is 13.5. The highest BCUT2D eigenvalue weighted by Crippen LogP contribution is 2.24. The molecule has 98 valence electrons. The van der Waals surface area contributed by atoms with Crippen LogP contribution in [0.3, 0.4) is 0 Å². The third-order valence-electron chi connectivity index (χ3n) is 3.43. The van der Waals surface area contributed by atoms with Gasteiger partial charge in [0.05, 0.1) is 12.1 Å². The number of rotatable bonds is 4. The van der Waals surface area contributed by atoms with Crippen molar-refractivity contribution >= 4 is 6.09 Å². The molecule has 0 unspecified atom stereocenters. The Kier molecular flexibility index (Phi) is 3.87. The van der Waals surface area contributed by atoms with Crippen molar-refractivity contribution in [3.05, 3.63) is 35.9 Å². The zero-order valence-electron chi connectivity index (χ0n) is 10.7. The van der Waals surface area contributed by atoms with Crippen LogP contribution in [0.2, 0.25) is 0 Å². The lowest BCUT2D eigenvalue weighted by Crippen LogP contribution is -2.38. The summed E-state index contributed by atoms with van der Waals surface area (Å²) in [7, 11) is 0. The van der Waals surface area contributed by atoms with Crippen LogP contribution in [-0.4, -0.2) is 34.3 Å². The Morgan fingerprint density at radius 1 is 1.39 bits per heavy atom.